The lowest BCUT2D eigenvalue weighted by Gasteiger charge is -2.31. The third-order valence-electron chi connectivity index (χ3n) is 3.29. The van der Waals surface area contributed by atoms with Gasteiger partial charge in [0.1, 0.15) is 6.04 Å². The molecule has 0 amide bonds. The predicted molar refractivity (Wildman–Crippen MR) is 67.1 cm³/mol. The lowest BCUT2D eigenvalue weighted by atomic mass is 10.1. The summed E-state index contributed by atoms with van der Waals surface area (Å²) in [5.41, 5.74) is 0. The fraction of sp³-hybridized carbons (Fsp3) is 0.636. The smallest absolute Gasteiger partial charge is 0.322 e. The molecule has 1 aliphatic heterocycles. The number of aromatic nitrogens is 2. The molecule has 0 aromatic carbocycles. The van der Waals surface area contributed by atoms with Crippen LogP contribution in [0.1, 0.15) is 26.2 Å². The standard InChI is InChI=1S/C11H17N3O4S/c1-2-13-10(6-7-12-13)19(17,18)14-8-4-3-5-9(14)11(15)16/h6-7,9H,2-5,8H2,1H3,(H,15,16). The van der Waals surface area contributed by atoms with E-state index in [0.29, 0.717) is 19.4 Å². The molecule has 19 heavy (non-hydrogen) atoms. The Bertz CT molecular complexity index is 566. The van der Waals surface area contributed by atoms with Gasteiger partial charge in [0.25, 0.3) is 10.0 Å². The van der Waals surface area contributed by atoms with Gasteiger partial charge in [0.05, 0.1) is 6.20 Å². The van der Waals surface area contributed by atoms with Gasteiger partial charge in [-0.05, 0) is 32.3 Å². The topological polar surface area (TPSA) is 92.5 Å². The summed E-state index contributed by atoms with van der Waals surface area (Å²) in [7, 11) is -3.80. The van der Waals surface area contributed by atoms with Crippen molar-refractivity contribution in [2.75, 3.05) is 6.54 Å². The first kappa shape index (κ1) is 14.0. The number of piperidine rings is 1. The second-order valence-electron chi connectivity index (χ2n) is 4.45. The Morgan fingerprint density at radius 1 is 1.53 bits per heavy atom. The van der Waals surface area contributed by atoms with Crippen LogP contribution < -0.4 is 0 Å². The summed E-state index contributed by atoms with van der Waals surface area (Å²) < 4.78 is 27.5. The Labute approximate surface area is 111 Å². The number of carbonyl (C=O) groups is 1. The van der Waals surface area contributed by atoms with Crippen molar-refractivity contribution in [1.29, 1.82) is 0 Å². The van der Waals surface area contributed by atoms with E-state index in [1.54, 1.807) is 6.92 Å². The Hall–Kier alpha value is -1.41. The van der Waals surface area contributed by atoms with E-state index in [2.05, 4.69) is 5.10 Å². The zero-order chi connectivity index (χ0) is 14.0. The van der Waals surface area contributed by atoms with Crippen molar-refractivity contribution >= 4 is 16.0 Å². The lowest BCUT2D eigenvalue weighted by Crippen LogP contribution is -2.48. The Balaban J connectivity index is 2.40. The van der Waals surface area contributed by atoms with Crippen LogP contribution in [-0.4, -0.2) is 46.2 Å². The van der Waals surface area contributed by atoms with Gasteiger partial charge in [0.15, 0.2) is 5.03 Å². The van der Waals surface area contributed by atoms with Crippen molar-refractivity contribution < 1.29 is 18.3 Å². The van der Waals surface area contributed by atoms with E-state index in [1.165, 1.54) is 16.9 Å². The van der Waals surface area contributed by atoms with Crippen molar-refractivity contribution in [3.05, 3.63) is 12.3 Å². The summed E-state index contributed by atoms with van der Waals surface area (Å²) in [6.45, 7) is 2.46. The van der Waals surface area contributed by atoms with Crippen LogP contribution in [0.15, 0.2) is 17.3 Å². The normalized spacial score (nSPS) is 21.4. The molecular formula is C11H17N3O4S. The van der Waals surface area contributed by atoms with E-state index in [0.717, 1.165) is 10.7 Å². The second kappa shape index (κ2) is 5.30. The highest BCUT2D eigenvalue weighted by molar-refractivity contribution is 7.89. The van der Waals surface area contributed by atoms with Gasteiger partial charge in [0, 0.05) is 13.1 Å². The maximum atomic E-state index is 12.5. The lowest BCUT2D eigenvalue weighted by molar-refractivity contribution is -0.142. The molecule has 2 heterocycles. The van der Waals surface area contributed by atoms with Crippen molar-refractivity contribution in [3.8, 4) is 0 Å². The second-order valence-corrected chi connectivity index (χ2v) is 6.29. The summed E-state index contributed by atoms with van der Waals surface area (Å²) >= 11 is 0. The molecule has 1 aliphatic rings. The van der Waals surface area contributed by atoms with Gasteiger partial charge >= 0.3 is 5.97 Å². The van der Waals surface area contributed by atoms with Crippen LogP contribution >= 0.6 is 0 Å². The van der Waals surface area contributed by atoms with Crippen LogP contribution in [0.3, 0.4) is 0 Å². The molecule has 1 aromatic rings. The van der Waals surface area contributed by atoms with E-state index in [9.17, 15) is 13.2 Å². The molecule has 0 radical (unpaired) electrons. The SMILES string of the molecule is CCn1nccc1S(=O)(=O)N1CCCCC1C(=O)O. The minimum Gasteiger partial charge on any atom is -0.480 e. The van der Waals surface area contributed by atoms with Crippen molar-refractivity contribution in [2.24, 2.45) is 0 Å². The number of carboxylic acids is 1. The average Bonchev–Trinajstić information content (AvgIpc) is 2.87. The first-order valence-corrected chi connectivity index (χ1v) is 7.69. The van der Waals surface area contributed by atoms with Crippen molar-refractivity contribution in [2.45, 2.75) is 43.8 Å². The number of nitrogens with zero attached hydrogens (tertiary/aromatic N) is 3. The molecular weight excluding hydrogens is 270 g/mol. The quantitative estimate of drug-likeness (QED) is 0.872. The molecule has 2 rings (SSSR count). The maximum absolute atomic E-state index is 12.5. The van der Waals surface area contributed by atoms with Gasteiger partial charge in [-0.15, -0.1) is 0 Å². The number of sulfonamides is 1. The Morgan fingerprint density at radius 2 is 2.26 bits per heavy atom. The largest absolute Gasteiger partial charge is 0.480 e. The molecule has 1 N–H and O–H groups in total. The average molecular weight is 287 g/mol. The maximum Gasteiger partial charge on any atom is 0.322 e. The molecule has 8 heteroatoms. The zero-order valence-corrected chi connectivity index (χ0v) is 11.5. The van der Waals surface area contributed by atoms with Gasteiger partial charge in [-0.25, -0.2) is 8.42 Å². The predicted octanol–water partition coefficient (Wildman–Crippen LogP) is 0.531. The van der Waals surface area contributed by atoms with E-state index in [-0.39, 0.29) is 11.6 Å². The van der Waals surface area contributed by atoms with Crippen LogP contribution in [0.4, 0.5) is 0 Å². The number of hydrogen-bond donors (Lipinski definition) is 1. The van der Waals surface area contributed by atoms with Gasteiger partial charge < -0.3 is 5.11 Å². The summed E-state index contributed by atoms with van der Waals surface area (Å²) in [6, 6.07) is 0.436. The molecule has 7 nitrogen and oxygen atoms in total. The van der Waals surface area contributed by atoms with E-state index < -0.39 is 22.0 Å². The van der Waals surface area contributed by atoms with Crippen LogP contribution in [-0.2, 0) is 21.4 Å². The minimum atomic E-state index is -3.80. The number of aryl methyl sites for hydroxylation is 1. The van der Waals surface area contributed by atoms with Crippen LogP contribution in [0, 0.1) is 0 Å². The van der Waals surface area contributed by atoms with Crippen molar-refractivity contribution in [3.63, 3.8) is 0 Å². The van der Waals surface area contributed by atoms with Gasteiger partial charge in [0.2, 0.25) is 0 Å². The highest BCUT2D eigenvalue weighted by Crippen LogP contribution is 2.25. The van der Waals surface area contributed by atoms with Crippen LogP contribution in [0.5, 0.6) is 0 Å². The summed E-state index contributed by atoms with van der Waals surface area (Å²) in [6.07, 6.45) is 3.18. The van der Waals surface area contributed by atoms with Gasteiger partial charge in [-0.3, -0.25) is 9.48 Å². The summed E-state index contributed by atoms with van der Waals surface area (Å²) in [5.74, 6) is -1.09. The molecule has 0 aliphatic carbocycles. The van der Waals surface area contributed by atoms with Crippen LogP contribution in [0.25, 0.3) is 0 Å². The number of aliphatic carboxylic acids is 1. The third kappa shape index (κ3) is 2.50. The first-order chi connectivity index (χ1) is 8.98. The fourth-order valence-electron chi connectivity index (χ4n) is 2.34. The molecule has 1 fully saturated rings. The molecule has 0 spiro atoms. The molecule has 1 aromatic heterocycles. The number of rotatable bonds is 4. The fourth-order valence-corrected chi connectivity index (χ4v) is 4.15. The molecule has 106 valence electrons. The Kier molecular flexibility index (Phi) is 3.91. The molecule has 1 atom stereocenters. The molecule has 0 bridgehead atoms. The molecule has 1 saturated heterocycles. The van der Waals surface area contributed by atoms with E-state index in [1.807, 2.05) is 0 Å². The number of hydrogen-bond acceptors (Lipinski definition) is 4. The summed E-state index contributed by atoms with van der Waals surface area (Å²) in [4.78, 5) is 11.2. The highest BCUT2D eigenvalue weighted by atomic mass is 32.2. The zero-order valence-electron chi connectivity index (χ0n) is 10.7. The monoisotopic (exact) mass is 287 g/mol. The van der Waals surface area contributed by atoms with Gasteiger partial charge in [-0.1, -0.05) is 0 Å². The van der Waals surface area contributed by atoms with Gasteiger partial charge in [-0.2, -0.15) is 9.40 Å². The molecule has 1 unspecified atom stereocenters. The minimum absolute atomic E-state index is 0.0585. The van der Waals surface area contributed by atoms with E-state index >= 15 is 0 Å². The third-order valence-corrected chi connectivity index (χ3v) is 5.22. The van der Waals surface area contributed by atoms with Crippen LogP contribution in [0.2, 0.25) is 0 Å². The van der Waals surface area contributed by atoms with E-state index in [4.69, 9.17) is 5.11 Å². The Morgan fingerprint density at radius 3 is 2.89 bits per heavy atom. The highest BCUT2D eigenvalue weighted by Gasteiger charge is 2.38. The molecule has 0 saturated carbocycles. The van der Waals surface area contributed by atoms with Crippen molar-refractivity contribution in [1.82, 2.24) is 14.1 Å². The number of carboxylic acid groups (broad SMARTS) is 1. The first-order valence-electron chi connectivity index (χ1n) is 6.25. The summed E-state index contributed by atoms with van der Waals surface area (Å²) in [5, 5.41) is 13.2.